The van der Waals surface area contributed by atoms with E-state index in [-0.39, 0.29) is 11.8 Å². The quantitative estimate of drug-likeness (QED) is 0.545. The monoisotopic (exact) mass is 412 g/mol. The van der Waals surface area contributed by atoms with Gasteiger partial charge in [0.25, 0.3) is 11.8 Å². The lowest BCUT2D eigenvalue weighted by molar-refractivity contribution is -0.120. The van der Waals surface area contributed by atoms with Crippen molar-refractivity contribution in [3.63, 3.8) is 0 Å². The molecule has 0 fully saturated rings. The lowest BCUT2D eigenvalue weighted by atomic mass is 10.0. The van der Waals surface area contributed by atoms with Gasteiger partial charge in [0.15, 0.2) is 0 Å². The highest BCUT2D eigenvalue weighted by atomic mass is 16.5. The van der Waals surface area contributed by atoms with Crippen molar-refractivity contribution >= 4 is 28.8 Å². The Labute approximate surface area is 182 Å². The predicted octanol–water partition coefficient (Wildman–Crippen LogP) is 4.81. The molecule has 0 radical (unpaired) electrons. The number of carbonyl (C=O) groups is 2. The summed E-state index contributed by atoms with van der Waals surface area (Å²) in [4.78, 5) is 30.4. The highest BCUT2D eigenvalue weighted by Crippen LogP contribution is 2.37. The molecule has 5 nitrogen and oxygen atoms in total. The van der Waals surface area contributed by atoms with Gasteiger partial charge in [-0.1, -0.05) is 48.0 Å². The molecule has 1 heterocycles. The number of anilines is 2. The van der Waals surface area contributed by atoms with Gasteiger partial charge in [-0.05, 0) is 55.8 Å². The summed E-state index contributed by atoms with van der Waals surface area (Å²) in [5.41, 5.74) is 3.99. The van der Waals surface area contributed by atoms with E-state index >= 15 is 0 Å². The second kappa shape index (κ2) is 8.48. The first-order valence-electron chi connectivity index (χ1n) is 10.2. The van der Waals surface area contributed by atoms with Crippen molar-refractivity contribution in [2.75, 3.05) is 23.5 Å². The number of benzene rings is 3. The summed E-state index contributed by atoms with van der Waals surface area (Å²) in [5.74, 6) is -0.00546. The minimum absolute atomic E-state index is 0.330. The molecular formula is C26H24N2O3. The Morgan fingerprint density at radius 3 is 2.06 bits per heavy atom. The maximum absolute atomic E-state index is 13.7. The summed E-state index contributed by atoms with van der Waals surface area (Å²) >= 11 is 0. The van der Waals surface area contributed by atoms with Gasteiger partial charge in [0, 0.05) is 12.2 Å². The minimum Gasteiger partial charge on any atom is -0.497 e. The molecule has 5 heteroatoms. The van der Waals surface area contributed by atoms with Gasteiger partial charge in [-0.3, -0.25) is 9.59 Å². The van der Waals surface area contributed by atoms with Gasteiger partial charge in [-0.25, -0.2) is 4.90 Å². The van der Waals surface area contributed by atoms with Crippen molar-refractivity contribution in [3.05, 3.63) is 95.7 Å². The molecule has 1 aliphatic rings. The maximum atomic E-state index is 13.7. The molecule has 3 aromatic carbocycles. The van der Waals surface area contributed by atoms with Crippen LogP contribution in [0.1, 0.15) is 18.1 Å². The molecule has 0 atom stereocenters. The Morgan fingerprint density at radius 1 is 0.839 bits per heavy atom. The highest BCUT2D eigenvalue weighted by Gasteiger charge is 2.42. The summed E-state index contributed by atoms with van der Waals surface area (Å²) in [6.07, 6.45) is 0. The zero-order valence-electron chi connectivity index (χ0n) is 17.8. The van der Waals surface area contributed by atoms with Crippen LogP contribution in [-0.2, 0) is 9.59 Å². The summed E-state index contributed by atoms with van der Waals surface area (Å²) in [7, 11) is 1.58. The molecule has 0 spiro atoms. The molecular weight excluding hydrogens is 388 g/mol. The average molecular weight is 412 g/mol. The van der Waals surface area contributed by atoms with E-state index < -0.39 is 0 Å². The number of nitrogens with zero attached hydrogens (tertiary/aromatic N) is 2. The Hall–Kier alpha value is -3.86. The number of methoxy groups -OCH3 is 1. The highest BCUT2D eigenvalue weighted by molar-refractivity contribution is 6.46. The molecule has 0 saturated heterocycles. The van der Waals surface area contributed by atoms with E-state index in [0.29, 0.717) is 29.3 Å². The zero-order valence-corrected chi connectivity index (χ0v) is 17.8. The lowest BCUT2D eigenvalue weighted by Crippen LogP contribution is -2.35. The van der Waals surface area contributed by atoms with Crippen LogP contribution in [0.2, 0.25) is 0 Å². The molecule has 4 rings (SSSR count). The van der Waals surface area contributed by atoms with Crippen molar-refractivity contribution in [3.8, 4) is 5.75 Å². The van der Waals surface area contributed by atoms with Crippen LogP contribution in [0.15, 0.2) is 84.6 Å². The topological polar surface area (TPSA) is 49.9 Å². The third-order valence-electron chi connectivity index (χ3n) is 5.38. The van der Waals surface area contributed by atoms with Crippen LogP contribution in [0.4, 0.5) is 11.4 Å². The summed E-state index contributed by atoms with van der Waals surface area (Å²) in [6.45, 7) is 4.51. The summed E-state index contributed by atoms with van der Waals surface area (Å²) in [5, 5.41) is 0. The molecule has 3 aromatic rings. The summed E-state index contributed by atoms with van der Waals surface area (Å²) in [6, 6.07) is 24.3. The van der Waals surface area contributed by atoms with Crippen LogP contribution in [0.3, 0.4) is 0 Å². The zero-order chi connectivity index (χ0) is 22.0. The minimum atomic E-state index is -0.337. The molecule has 0 aliphatic carbocycles. The molecule has 31 heavy (non-hydrogen) atoms. The molecule has 156 valence electrons. The fourth-order valence-electron chi connectivity index (χ4n) is 3.79. The van der Waals surface area contributed by atoms with Gasteiger partial charge in [-0.15, -0.1) is 0 Å². The van der Waals surface area contributed by atoms with Crippen molar-refractivity contribution in [1.82, 2.24) is 0 Å². The summed E-state index contributed by atoms with van der Waals surface area (Å²) < 4.78 is 5.21. The number of aryl methyl sites for hydroxylation is 1. The first kappa shape index (κ1) is 20.4. The van der Waals surface area contributed by atoms with E-state index in [1.165, 1.54) is 4.90 Å². The third kappa shape index (κ3) is 3.70. The van der Waals surface area contributed by atoms with Crippen LogP contribution >= 0.6 is 0 Å². The Balaban J connectivity index is 1.87. The van der Waals surface area contributed by atoms with E-state index in [1.54, 1.807) is 31.4 Å². The van der Waals surface area contributed by atoms with Gasteiger partial charge in [0.05, 0.1) is 18.4 Å². The number of ether oxygens (including phenoxy) is 1. The molecule has 0 N–H and O–H groups in total. The molecule has 0 unspecified atom stereocenters. The number of hydrogen-bond acceptors (Lipinski definition) is 4. The van der Waals surface area contributed by atoms with Crippen molar-refractivity contribution in [2.24, 2.45) is 0 Å². The standard InChI is InChI=1S/C26H24N2O3/c1-4-27(20-8-6-5-7-9-20)24-23(19-12-10-18(2)11-13-19)25(29)28(26(24)30)21-14-16-22(31-3)17-15-21/h5-17H,4H2,1-3H3. The smallest absolute Gasteiger partial charge is 0.282 e. The van der Waals surface area contributed by atoms with Crippen molar-refractivity contribution < 1.29 is 14.3 Å². The van der Waals surface area contributed by atoms with Crippen LogP contribution < -0.4 is 14.5 Å². The number of carbonyl (C=O) groups excluding carboxylic acids is 2. The van der Waals surface area contributed by atoms with E-state index in [2.05, 4.69) is 0 Å². The van der Waals surface area contributed by atoms with E-state index in [1.807, 2.05) is 73.3 Å². The number of para-hydroxylation sites is 1. The Morgan fingerprint density at radius 2 is 1.48 bits per heavy atom. The fourth-order valence-corrected chi connectivity index (χ4v) is 3.79. The lowest BCUT2D eigenvalue weighted by Gasteiger charge is -2.25. The first-order chi connectivity index (χ1) is 15.0. The van der Waals surface area contributed by atoms with Crippen LogP contribution in [0.25, 0.3) is 5.57 Å². The second-order valence-electron chi connectivity index (χ2n) is 7.31. The van der Waals surface area contributed by atoms with Crippen LogP contribution in [0, 0.1) is 6.92 Å². The van der Waals surface area contributed by atoms with Gasteiger partial charge in [-0.2, -0.15) is 0 Å². The normalized spacial score (nSPS) is 13.7. The van der Waals surface area contributed by atoms with Crippen molar-refractivity contribution in [2.45, 2.75) is 13.8 Å². The number of amides is 2. The number of hydrogen-bond donors (Lipinski definition) is 0. The Kier molecular flexibility index (Phi) is 5.58. The fraction of sp³-hybridized carbons (Fsp3) is 0.154. The van der Waals surface area contributed by atoms with E-state index in [9.17, 15) is 9.59 Å². The van der Waals surface area contributed by atoms with Crippen molar-refractivity contribution in [1.29, 1.82) is 0 Å². The molecule has 0 saturated carbocycles. The van der Waals surface area contributed by atoms with Gasteiger partial charge in [0.2, 0.25) is 0 Å². The molecule has 0 aromatic heterocycles. The number of rotatable bonds is 6. The van der Waals surface area contributed by atoms with Gasteiger partial charge < -0.3 is 9.64 Å². The van der Waals surface area contributed by atoms with Crippen LogP contribution in [-0.4, -0.2) is 25.5 Å². The first-order valence-corrected chi connectivity index (χ1v) is 10.2. The predicted molar refractivity (Wildman–Crippen MR) is 123 cm³/mol. The molecule has 2 amide bonds. The van der Waals surface area contributed by atoms with Crippen LogP contribution in [0.5, 0.6) is 5.75 Å². The third-order valence-corrected chi connectivity index (χ3v) is 5.38. The number of imide groups is 1. The average Bonchev–Trinajstić information content (AvgIpc) is 3.06. The SMILES string of the molecule is CCN(C1=C(c2ccc(C)cc2)C(=O)N(c2ccc(OC)cc2)C1=O)c1ccccc1. The molecule has 0 bridgehead atoms. The molecule has 1 aliphatic heterocycles. The van der Waals surface area contributed by atoms with Gasteiger partial charge >= 0.3 is 0 Å². The van der Waals surface area contributed by atoms with Gasteiger partial charge in [0.1, 0.15) is 11.4 Å². The maximum Gasteiger partial charge on any atom is 0.282 e. The second-order valence-corrected chi connectivity index (χ2v) is 7.31. The van der Waals surface area contributed by atoms with E-state index in [4.69, 9.17) is 4.74 Å². The Bertz CT molecular complexity index is 1130. The largest absolute Gasteiger partial charge is 0.497 e. The number of likely N-dealkylation sites (N-methyl/N-ethyl adjacent to an activating group) is 1. The van der Waals surface area contributed by atoms with E-state index in [0.717, 1.165) is 16.8 Å².